The first-order valence-electron chi connectivity index (χ1n) is 9.32. The van der Waals surface area contributed by atoms with Crippen molar-refractivity contribution in [2.75, 3.05) is 36.4 Å². The van der Waals surface area contributed by atoms with Crippen LogP contribution in [-0.2, 0) is 10.0 Å². The molecule has 152 valence electrons. The fourth-order valence-electron chi connectivity index (χ4n) is 3.24. The van der Waals surface area contributed by atoms with Crippen LogP contribution in [0.1, 0.15) is 5.56 Å². The molecule has 0 radical (unpaired) electrons. The summed E-state index contributed by atoms with van der Waals surface area (Å²) in [7, 11) is -3.73. The van der Waals surface area contributed by atoms with E-state index in [1.165, 1.54) is 22.8 Å². The van der Waals surface area contributed by atoms with Crippen LogP contribution < -0.4 is 10.2 Å². The molecule has 0 atom stereocenters. The van der Waals surface area contributed by atoms with Gasteiger partial charge in [-0.25, -0.2) is 23.4 Å². The second-order valence-electron chi connectivity index (χ2n) is 6.60. The van der Waals surface area contributed by atoms with Gasteiger partial charge in [-0.2, -0.15) is 9.57 Å². The number of nitrogens with zero attached hydrogens (tertiary/aromatic N) is 6. The summed E-state index contributed by atoms with van der Waals surface area (Å²) in [4.78, 5) is 14.8. The lowest BCUT2D eigenvalue weighted by Crippen LogP contribution is -2.49. The van der Waals surface area contributed by atoms with E-state index in [0.29, 0.717) is 43.6 Å². The van der Waals surface area contributed by atoms with Crippen LogP contribution in [0, 0.1) is 11.3 Å². The minimum absolute atomic E-state index is 0.0461. The molecule has 1 aromatic carbocycles. The predicted octanol–water partition coefficient (Wildman–Crippen LogP) is 2.00. The number of benzene rings is 1. The van der Waals surface area contributed by atoms with Crippen LogP contribution in [0.3, 0.4) is 0 Å². The van der Waals surface area contributed by atoms with E-state index in [-0.39, 0.29) is 10.5 Å². The first kappa shape index (κ1) is 19.8. The van der Waals surface area contributed by atoms with Crippen LogP contribution >= 0.6 is 0 Å². The maximum atomic E-state index is 13.0. The zero-order valence-electron chi connectivity index (χ0n) is 16.0. The Morgan fingerprint density at radius 1 is 0.933 bits per heavy atom. The third kappa shape index (κ3) is 4.07. The van der Waals surface area contributed by atoms with Gasteiger partial charge in [0.25, 0.3) is 0 Å². The van der Waals surface area contributed by atoms with Crippen molar-refractivity contribution in [1.29, 1.82) is 5.26 Å². The molecule has 3 aromatic rings. The summed E-state index contributed by atoms with van der Waals surface area (Å²) in [6.07, 6.45) is 3.15. The summed E-state index contributed by atoms with van der Waals surface area (Å²) in [5.41, 5.74) is 0.154. The zero-order valence-corrected chi connectivity index (χ0v) is 16.8. The van der Waals surface area contributed by atoms with Gasteiger partial charge in [0.05, 0.1) is 10.5 Å². The third-order valence-electron chi connectivity index (χ3n) is 4.76. The van der Waals surface area contributed by atoms with Gasteiger partial charge in [0.2, 0.25) is 10.0 Å². The highest BCUT2D eigenvalue weighted by molar-refractivity contribution is 7.89. The van der Waals surface area contributed by atoms with Crippen LogP contribution in [0.4, 0.5) is 17.5 Å². The van der Waals surface area contributed by atoms with Gasteiger partial charge in [-0.15, -0.1) is 0 Å². The number of nitrogens with one attached hydrogen (secondary N) is 1. The Kier molecular flexibility index (Phi) is 5.56. The van der Waals surface area contributed by atoms with Crippen LogP contribution in [0.25, 0.3) is 0 Å². The summed E-state index contributed by atoms with van der Waals surface area (Å²) in [5, 5.41) is 12.4. The number of hydrogen-bond acceptors (Lipinski definition) is 8. The highest BCUT2D eigenvalue weighted by Gasteiger charge is 2.30. The standard InChI is InChI=1S/C20H19N7O2S/c21-14-16-5-1-2-6-17(16)30(28,29)27-11-9-26(10-12-27)20-13-19(23-15-24-20)25-18-7-3-4-8-22-18/h1-8,13,15H,9-12H2,(H,22,23,24,25). The maximum Gasteiger partial charge on any atom is 0.244 e. The molecule has 9 nitrogen and oxygen atoms in total. The van der Waals surface area contributed by atoms with Crippen LogP contribution in [0.5, 0.6) is 0 Å². The quantitative estimate of drug-likeness (QED) is 0.665. The van der Waals surface area contributed by atoms with Crippen molar-refractivity contribution in [3.05, 3.63) is 66.6 Å². The number of sulfonamides is 1. The molecule has 1 saturated heterocycles. The minimum Gasteiger partial charge on any atom is -0.354 e. The van der Waals surface area contributed by atoms with Crippen LogP contribution in [0.2, 0.25) is 0 Å². The van der Waals surface area contributed by atoms with Gasteiger partial charge in [0.15, 0.2) is 0 Å². The maximum absolute atomic E-state index is 13.0. The van der Waals surface area contributed by atoms with E-state index >= 15 is 0 Å². The van der Waals surface area contributed by atoms with E-state index in [1.807, 2.05) is 35.2 Å². The number of piperazine rings is 1. The van der Waals surface area contributed by atoms with E-state index in [2.05, 4.69) is 20.3 Å². The van der Waals surface area contributed by atoms with Gasteiger partial charge in [-0.3, -0.25) is 0 Å². The highest BCUT2D eigenvalue weighted by Crippen LogP contribution is 2.23. The molecule has 0 saturated carbocycles. The number of aromatic nitrogens is 3. The zero-order chi connectivity index (χ0) is 21.0. The Balaban J connectivity index is 1.46. The normalized spacial score (nSPS) is 14.8. The molecule has 4 rings (SSSR count). The predicted molar refractivity (Wildman–Crippen MR) is 112 cm³/mol. The molecule has 2 aromatic heterocycles. The fourth-order valence-corrected chi connectivity index (χ4v) is 4.80. The average Bonchev–Trinajstić information content (AvgIpc) is 2.80. The number of hydrogen-bond donors (Lipinski definition) is 1. The SMILES string of the molecule is N#Cc1ccccc1S(=O)(=O)N1CCN(c2cc(Nc3ccccn3)ncn2)CC1. The molecule has 1 aliphatic rings. The van der Waals surface area contributed by atoms with Crippen molar-refractivity contribution >= 4 is 27.5 Å². The van der Waals surface area contributed by atoms with Crippen LogP contribution in [-0.4, -0.2) is 53.9 Å². The van der Waals surface area contributed by atoms with E-state index in [4.69, 9.17) is 0 Å². The van der Waals surface area contributed by atoms with Gasteiger partial charge < -0.3 is 10.2 Å². The first-order chi connectivity index (χ1) is 14.6. The van der Waals surface area contributed by atoms with E-state index < -0.39 is 10.0 Å². The first-order valence-corrected chi connectivity index (χ1v) is 10.8. The Morgan fingerprint density at radius 3 is 2.43 bits per heavy atom. The Hall–Kier alpha value is -3.55. The number of rotatable bonds is 5. The van der Waals surface area contributed by atoms with Crippen molar-refractivity contribution in [2.45, 2.75) is 4.90 Å². The molecule has 1 N–H and O–H groups in total. The molecule has 0 unspecified atom stereocenters. The molecule has 3 heterocycles. The number of anilines is 3. The van der Waals surface area contributed by atoms with Gasteiger partial charge in [0, 0.05) is 38.4 Å². The molecular weight excluding hydrogens is 402 g/mol. The lowest BCUT2D eigenvalue weighted by molar-refractivity contribution is 0.383. The third-order valence-corrected chi connectivity index (χ3v) is 6.72. The molecule has 0 amide bonds. The molecule has 10 heteroatoms. The Labute approximate surface area is 174 Å². The van der Waals surface area contributed by atoms with Crippen molar-refractivity contribution in [1.82, 2.24) is 19.3 Å². The lowest BCUT2D eigenvalue weighted by Gasteiger charge is -2.34. The van der Waals surface area contributed by atoms with Crippen molar-refractivity contribution < 1.29 is 8.42 Å². The molecule has 0 spiro atoms. The molecular formula is C20H19N7O2S. The molecule has 0 bridgehead atoms. The largest absolute Gasteiger partial charge is 0.354 e. The minimum atomic E-state index is -3.73. The lowest BCUT2D eigenvalue weighted by atomic mass is 10.2. The summed E-state index contributed by atoms with van der Waals surface area (Å²) in [6, 6.07) is 15.6. The van der Waals surface area contributed by atoms with Gasteiger partial charge in [-0.1, -0.05) is 18.2 Å². The van der Waals surface area contributed by atoms with Gasteiger partial charge >= 0.3 is 0 Å². The van der Waals surface area contributed by atoms with E-state index in [0.717, 1.165) is 0 Å². The summed E-state index contributed by atoms with van der Waals surface area (Å²) >= 11 is 0. The molecule has 1 aliphatic heterocycles. The topological polar surface area (TPSA) is 115 Å². The Morgan fingerprint density at radius 2 is 1.70 bits per heavy atom. The van der Waals surface area contributed by atoms with E-state index in [9.17, 15) is 13.7 Å². The second kappa shape index (κ2) is 8.44. The second-order valence-corrected chi connectivity index (χ2v) is 8.51. The average molecular weight is 421 g/mol. The number of pyridine rings is 1. The smallest absolute Gasteiger partial charge is 0.244 e. The molecule has 0 aliphatic carbocycles. The van der Waals surface area contributed by atoms with Crippen molar-refractivity contribution in [3.63, 3.8) is 0 Å². The number of nitriles is 1. The van der Waals surface area contributed by atoms with Gasteiger partial charge in [0.1, 0.15) is 29.9 Å². The van der Waals surface area contributed by atoms with Crippen LogP contribution in [0.15, 0.2) is 66.0 Å². The van der Waals surface area contributed by atoms with Gasteiger partial charge in [-0.05, 0) is 24.3 Å². The summed E-state index contributed by atoms with van der Waals surface area (Å²) < 4.78 is 27.4. The Bertz CT molecular complexity index is 1170. The molecule has 30 heavy (non-hydrogen) atoms. The van der Waals surface area contributed by atoms with E-state index in [1.54, 1.807) is 18.3 Å². The highest BCUT2D eigenvalue weighted by atomic mass is 32.2. The monoisotopic (exact) mass is 421 g/mol. The summed E-state index contributed by atoms with van der Waals surface area (Å²) in [6.45, 7) is 1.56. The summed E-state index contributed by atoms with van der Waals surface area (Å²) in [5.74, 6) is 1.99. The molecule has 1 fully saturated rings. The van der Waals surface area contributed by atoms with Crippen molar-refractivity contribution in [2.24, 2.45) is 0 Å². The fraction of sp³-hybridized carbons (Fsp3) is 0.200. The van der Waals surface area contributed by atoms with Crippen molar-refractivity contribution in [3.8, 4) is 6.07 Å².